The van der Waals surface area contributed by atoms with Crippen LogP contribution in [0.4, 0.5) is 9.41 Å². The van der Waals surface area contributed by atoms with E-state index in [1.165, 1.54) is 28.0 Å². The first kappa shape index (κ1) is 16.0. The van der Waals surface area contributed by atoms with Crippen LogP contribution in [0.2, 0.25) is 0 Å². The van der Waals surface area contributed by atoms with Crippen LogP contribution in [0.25, 0.3) is 11.8 Å². The number of allylic oxidation sites excluding steroid dienone is 1. The van der Waals surface area contributed by atoms with Gasteiger partial charge in [0.05, 0.1) is 0 Å². The summed E-state index contributed by atoms with van der Waals surface area (Å²) in [5.74, 6) is 0. The molecule has 0 saturated heterocycles. The molecule has 0 amide bonds. The van der Waals surface area contributed by atoms with Crippen LogP contribution in [0.3, 0.4) is 0 Å². The molecule has 0 radical (unpaired) electrons. The predicted octanol–water partition coefficient (Wildman–Crippen LogP) is 4.01. The van der Waals surface area contributed by atoms with Crippen LogP contribution in [0.5, 0.6) is 0 Å². The van der Waals surface area contributed by atoms with Crippen molar-refractivity contribution in [3.8, 4) is 0 Å². The average molecular weight is 340 g/mol. The van der Waals surface area contributed by atoms with Gasteiger partial charge in [-0.1, -0.05) is 0 Å². The molecule has 0 unspecified atom stereocenters. The molecule has 99 valence electrons. The van der Waals surface area contributed by atoms with Crippen molar-refractivity contribution in [3.05, 3.63) is 58.9 Å². The van der Waals surface area contributed by atoms with Crippen molar-refractivity contribution in [2.75, 3.05) is 0 Å². The number of hydrogen-bond acceptors (Lipinski definition) is 0. The topological polar surface area (TPSA) is 4.93 Å². The van der Waals surface area contributed by atoms with Gasteiger partial charge in [0.15, 0.2) is 0 Å². The van der Waals surface area contributed by atoms with Gasteiger partial charge in [0.1, 0.15) is 0 Å². The van der Waals surface area contributed by atoms with Gasteiger partial charge in [-0.3, -0.25) is 9.41 Å². The SMILES string of the molecule is Cc1ccc(C)c2c1C=C(n1cccc1)[C@H]2[Zr].F.F. The van der Waals surface area contributed by atoms with Crippen LogP contribution >= 0.6 is 0 Å². The van der Waals surface area contributed by atoms with Gasteiger partial charge in [0.2, 0.25) is 0 Å². The van der Waals surface area contributed by atoms with E-state index < -0.39 is 0 Å². The van der Waals surface area contributed by atoms with Crippen molar-refractivity contribution in [1.29, 1.82) is 0 Å². The Labute approximate surface area is 126 Å². The van der Waals surface area contributed by atoms with E-state index in [-0.39, 0.29) is 9.41 Å². The van der Waals surface area contributed by atoms with Crippen molar-refractivity contribution in [1.82, 2.24) is 4.57 Å². The first-order valence-corrected chi connectivity index (χ1v) is 7.26. The largest absolute Gasteiger partial charge is 0.269 e. The molecule has 0 fully saturated rings. The molecule has 1 aliphatic carbocycles. The average Bonchev–Trinajstić information content (AvgIpc) is 2.91. The van der Waals surface area contributed by atoms with Crippen molar-refractivity contribution < 1.29 is 34.1 Å². The molecule has 1 aromatic heterocycles. The van der Waals surface area contributed by atoms with Gasteiger partial charge >= 0.3 is 117 Å². The number of halogens is 2. The second-order valence-corrected chi connectivity index (χ2v) is 6.04. The molecule has 19 heavy (non-hydrogen) atoms. The summed E-state index contributed by atoms with van der Waals surface area (Å²) >= 11 is 1.56. The zero-order valence-electron chi connectivity index (χ0n) is 10.9. The molecule has 1 aliphatic rings. The fourth-order valence-corrected chi connectivity index (χ4v) is 4.05. The zero-order valence-corrected chi connectivity index (χ0v) is 13.3. The van der Waals surface area contributed by atoms with E-state index in [9.17, 15) is 0 Å². The van der Waals surface area contributed by atoms with Crippen molar-refractivity contribution in [3.63, 3.8) is 0 Å². The van der Waals surface area contributed by atoms with Gasteiger partial charge in [-0.2, -0.15) is 0 Å². The first-order chi connectivity index (χ1) is 8.18. The third-order valence-electron chi connectivity index (χ3n) is 3.50. The van der Waals surface area contributed by atoms with Gasteiger partial charge in [0, 0.05) is 0 Å². The molecule has 4 heteroatoms. The Morgan fingerprint density at radius 3 is 2.16 bits per heavy atom. The number of fused-ring (bicyclic) bond motifs is 1. The maximum atomic E-state index is 2.36. The van der Waals surface area contributed by atoms with E-state index in [4.69, 9.17) is 0 Å². The summed E-state index contributed by atoms with van der Waals surface area (Å²) in [6.07, 6.45) is 6.63. The Balaban J connectivity index is 0.000000902. The number of aryl methyl sites for hydroxylation is 2. The third kappa shape index (κ3) is 2.51. The number of benzene rings is 1. The van der Waals surface area contributed by atoms with Gasteiger partial charge in [0.25, 0.3) is 0 Å². The molecule has 1 nitrogen and oxygen atoms in total. The first-order valence-electron chi connectivity index (χ1n) is 5.84. The summed E-state index contributed by atoms with van der Waals surface area (Å²) in [4.78, 5) is 0. The third-order valence-corrected chi connectivity index (χ3v) is 4.94. The normalized spacial score (nSPS) is 16.1. The van der Waals surface area contributed by atoms with Crippen molar-refractivity contribution in [2.45, 2.75) is 17.5 Å². The fourth-order valence-electron chi connectivity index (χ4n) is 2.54. The number of aromatic nitrogens is 1. The van der Waals surface area contributed by atoms with Crippen molar-refractivity contribution >= 4 is 11.8 Å². The molecule has 0 aliphatic heterocycles. The van der Waals surface area contributed by atoms with Crippen molar-refractivity contribution in [2.24, 2.45) is 0 Å². The minimum Gasteiger partial charge on any atom is -0.269 e. The summed E-state index contributed by atoms with van der Waals surface area (Å²) in [6.45, 7) is 4.43. The van der Waals surface area contributed by atoms with Crippen LogP contribution in [0.1, 0.15) is 25.9 Å². The quantitative estimate of drug-likeness (QED) is 0.740. The standard InChI is InChI=1S/C15H14N.2FH.Zr/c1-11-5-6-12(2)15-10-13(9-14(11)15)16-7-3-4-8-16;;;/h3-10H,1-2H3;2*1H;. The molecule has 1 aromatic carbocycles. The van der Waals surface area contributed by atoms with Gasteiger partial charge in [-0.25, -0.2) is 0 Å². The van der Waals surface area contributed by atoms with E-state index in [0.717, 1.165) is 0 Å². The van der Waals surface area contributed by atoms with Crippen LogP contribution in [-0.2, 0) is 24.7 Å². The van der Waals surface area contributed by atoms with Gasteiger partial charge in [-0.15, -0.1) is 0 Å². The zero-order chi connectivity index (χ0) is 12.0. The number of nitrogens with zero attached hydrogens (tertiary/aromatic N) is 1. The predicted molar refractivity (Wildman–Crippen MR) is 72.3 cm³/mol. The molecule has 3 rings (SSSR count). The summed E-state index contributed by atoms with van der Waals surface area (Å²) in [6, 6.07) is 8.66. The fraction of sp³-hybridized carbons (Fsp3) is 0.200. The maximum Gasteiger partial charge on any atom is -0.269 e. The molecule has 1 heterocycles. The molecule has 0 spiro atoms. The molecule has 2 aromatic rings. The minimum atomic E-state index is 0. The molecule has 1 atom stereocenters. The summed E-state index contributed by atoms with van der Waals surface area (Å²) in [5.41, 5.74) is 7.20. The van der Waals surface area contributed by atoms with Gasteiger partial charge in [-0.05, 0) is 0 Å². The molecule has 0 N–H and O–H groups in total. The summed E-state index contributed by atoms with van der Waals surface area (Å²) in [7, 11) is 0. The monoisotopic (exact) mass is 338 g/mol. The van der Waals surface area contributed by atoms with Gasteiger partial charge < -0.3 is 0 Å². The Bertz CT molecular complexity index is 603. The van der Waals surface area contributed by atoms with E-state index in [1.807, 2.05) is 0 Å². The van der Waals surface area contributed by atoms with Crippen LogP contribution in [0, 0.1) is 13.8 Å². The molecule has 0 saturated carbocycles. The minimum absolute atomic E-state index is 0. The van der Waals surface area contributed by atoms with E-state index in [2.05, 4.69) is 61.1 Å². The summed E-state index contributed by atoms with van der Waals surface area (Å²) < 4.78 is 2.82. The number of rotatable bonds is 1. The maximum absolute atomic E-state index is 2.36. The van der Waals surface area contributed by atoms with E-state index in [0.29, 0.717) is 3.63 Å². The second-order valence-electron chi connectivity index (χ2n) is 4.62. The molecular formula is C15H16F2NZr. The molecular weight excluding hydrogens is 323 g/mol. The Morgan fingerprint density at radius 1 is 1.00 bits per heavy atom. The van der Waals surface area contributed by atoms with Crippen LogP contribution in [0.15, 0.2) is 36.7 Å². The van der Waals surface area contributed by atoms with Crippen LogP contribution in [-0.4, -0.2) is 4.57 Å². The summed E-state index contributed by atoms with van der Waals surface area (Å²) in [5, 5.41) is 0. The smallest absolute Gasteiger partial charge is 0.269 e. The van der Waals surface area contributed by atoms with Crippen LogP contribution < -0.4 is 0 Å². The Morgan fingerprint density at radius 2 is 1.58 bits per heavy atom. The number of hydrogen-bond donors (Lipinski definition) is 0. The Hall–Kier alpha value is -1.02. The van der Waals surface area contributed by atoms with E-state index >= 15 is 0 Å². The second kappa shape index (κ2) is 5.96. The Kier molecular flexibility index (Phi) is 5.03. The van der Waals surface area contributed by atoms with E-state index in [1.54, 1.807) is 24.7 Å². The molecule has 0 bridgehead atoms.